The van der Waals surface area contributed by atoms with Gasteiger partial charge >= 0.3 is 0 Å². The number of hydrogen-bond donors (Lipinski definition) is 1. The standard InChI is InChI=1S/C15H22N2S/c16-15(18)14-8-6-13(7-9-14)12-17-10-4-2-1-3-5-11-17/h6-9H,1-5,10-12H2,(H2,16,18). The summed E-state index contributed by atoms with van der Waals surface area (Å²) in [5.74, 6) is 0. The lowest BCUT2D eigenvalue weighted by molar-refractivity contribution is 0.240. The van der Waals surface area contributed by atoms with Crippen molar-refractivity contribution in [1.29, 1.82) is 0 Å². The van der Waals surface area contributed by atoms with E-state index >= 15 is 0 Å². The van der Waals surface area contributed by atoms with Gasteiger partial charge in [-0.15, -0.1) is 0 Å². The van der Waals surface area contributed by atoms with E-state index in [4.69, 9.17) is 18.0 Å². The van der Waals surface area contributed by atoms with Gasteiger partial charge in [-0.1, -0.05) is 55.7 Å². The van der Waals surface area contributed by atoms with E-state index < -0.39 is 0 Å². The highest BCUT2D eigenvalue weighted by Crippen LogP contribution is 2.14. The van der Waals surface area contributed by atoms with Gasteiger partial charge in [0.1, 0.15) is 4.99 Å². The predicted molar refractivity (Wildman–Crippen MR) is 80.7 cm³/mol. The Labute approximate surface area is 115 Å². The number of nitrogens with two attached hydrogens (primary N) is 1. The van der Waals surface area contributed by atoms with Crippen LogP contribution in [-0.4, -0.2) is 23.0 Å². The Kier molecular flexibility index (Phi) is 5.14. The van der Waals surface area contributed by atoms with E-state index in [0.717, 1.165) is 12.1 Å². The summed E-state index contributed by atoms with van der Waals surface area (Å²) in [5.41, 5.74) is 7.92. The van der Waals surface area contributed by atoms with Gasteiger partial charge in [0.15, 0.2) is 0 Å². The Morgan fingerprint density at radius 3 is 2.11 bits per heavy atom. The monoisotopic (exact) mass is 262 g/mol. The number of thiocarbonyl (C=S) groups is 1. The Balaban J connectivity index is 1.92. The van der Waals surface area contributed by atoms with Crippen LogP contribution in [0.3, 0.4) is 0 Å². The van der Waals surface area contributed by atoms with Crippen molar-refractivity contribution in [1.82, 2.24) is 4.90 Å². The Morgan fingerprint density at radius 1 is 1.00 bits per heavy atom. The SMILES string of the molecule is NC(=S)c1ccc(CN2CCCCCCC2)cc1. The Morgan fingerprint density at radius 2 is 1.56 bits per heavy atom. The van der Waals surface area contributed by atoms with Crippen LogP contribution in [-0.2, 0) is 6.54 Å². The Hall–Kier alpha value is -0.930. The first kappa shape index (κ1) is 13.5. The molecule has 1 aromatic rings. The van der Waals surface area contributed by atoms with E-state index in [0.29, 0.717) is 4.99 Å². The summed E-state index contributed by atoms with van der Waals surface area (Å²) in [5, 5.41) is 0. The van der Waals surface area contributed by atoms with Crippen LogP contribution < -0.4 is 5.73 Å². The van der Waals surface area contributed by atoms with Crippen LogP contribution in [0.5, 0.6) is 0 Å². The lowest BCUT2D eigenvalue weighted by Crippen LogP contribution is -2.26. The highest BCUT2D eigenvalue weighted by atomic mass is 32.1. The molecule has 2 N–H and O–H groups in total. The molecule has 0 aromatic heterocycles. The van der Waals surface area contributed by atoms with Gasteiger partial charge in [0.05, 0.1) is 0 Å². The van der Waals surface area contributed by atoms with Crippen LogP contribution in [0.15, 0.2) is 24.3 Å². The zero-order valence-corrected chi connectivity index (χ0v) is 11.7. The fourth-order valence-electron chi connectivity index (χ4n) is 2.50. The number of benzene rings is 1. The molecule has 2 nitrogen and oxygen atoms in total. The topological polar surface area (TPSA) is 29.3 Å². The molecular weight excluding hydrogens is 240 g/mol. The first-order valence-corrected chi connectivity index (χ1v) is 7.27. The minimum Gasteiger partial charge on any atom is -0.389 e. The molecular formula is C15H22N2S. The van der Waals surface area contributed by atoms with Gasteiger partial charge in [-0.2, -0.15) is 0 Å². The highest BCUT2D eigenvalue weighted by Gasteiger charge is 2.08. The molecule has 0 aliphatic carbocycles. The first-order valence-electron chi connectivity index (χ1n) is 6.87. The maximum atomic E-state index is 5.61. The molecule has 1 fully saturated rings. The molecule has 1 aliphatic heterocycles. The van der Waals surface area contributed by atoms with Gasteiger partial charge in [0.25, 0.3) is 0 Å². The average Bonchev–Trinajstić information content (AvgIpc) is 2.33. The van der Waals surface area contributed by atoms with Gasteiger partial charge in [0.2, 0.25) is 0 Å². The molecule has 0 amide bonds. The minimum atomic E-state index is 0.479. The zero-order chi connectivity index (χ0) is 12.8. The molecule has 3 heteroatoms. The molecule has 2 rings (SSSR count). The third-order valence-corrected chi connectivity index (χ3v) is 3.83. The number of nitrogens with zero attached hydrogens (tertiary/aromatic N) is 1. The normalized spacial score (nSPS) is 18.0. The van der Waals surface area contributed by atoms with Crippen molar-refractivity contribution in [3.8, 4) is 0 Å². The average molecular weight is 262 g/mol. The second-order valence-electron chi connectivity index (χ2n) is 5.11. The molecule has 1 aromatic carbocycles. The first-order chi connectivity index (χ1) is 8.75. The van der Waals surface area contributed by atoms with Crippen molar-refractivity contribution in [3.05, 3.63) is 35.4 Å². The van der Waals surface area contributed by atoms with E-state index in [2.05, 4.69) is 17.0 Å². The van der Waals surface area contributed by atoms with Crippen LogP contribution in [0.4, 0.5) is 0 Å². The maximum absolute atomic E-state index is 5.61. The third kappa shape index (κ3) is 4.07. The fourth-order valence-corrected chi connectivity index (χ4v) is 2.64. The molecule has 0 saturated carbocycles. The van der Waals surface area contributed by atoms with E-state index in [1.54, 1.807) is 0 Å². The lowest BCUT2D eigenvalue weighted by Gasteiger charge is -2.24. The molecule has 18 heavy (non-hydrogen) atoms. The van der Waals surface area contributed by atoms with Gasteiger partial charge in [-0.25, -0.2) is 0 Å². The molecule has 0 unspecified atom stereocenters. The third-order valence-electron chi connectivity index (χ3n) is 3.59. The Bertz CT molecular complexity index is 378. The quantitative estimate of drug-likeness (QED) is 0.849. The summed E-state index contributed by atoms with van der Waals surface area (Å²) in [6.45, 7) is 3.52. The van der Waals surface area contributed by atoms with Crippen molar-refractivity contribution in [2.75, 3.05) is 13.1 Å². The maximum Gasteiger partial charge on any atom is 0.103 e. The second-order valence-corrected chi connectivity index (χ2v) is 5.54. The summed E-state index contributed by atoms with van der Waals surface area (Å²) in [6.07, 6.45) is 6.86. The predicted octanol–water partition coefficient (Wildman–Crippen LogP) is 3.09. The van der Waals surface area contributed by atoms with Crippen molar-refractivity contribution >= 4 is 17.2 Å². The summed E-state index contributed by atoms with van der Waals surface area (Å²) in [7, 11) is 0. The van der Waals surface area contributed by atoms with Gasteiger partial charge < -0.3 is 5.73 Å². The van der Waals surface area contributed by atoms with Crippen molar-refractivity contribution in [2.45, 2.75) is 38.6 Å². The molecule has 1 saturated heterocycles. The molecule has 1 aliphatic rings. The fraction of sp³-hybridized carbons (Fsp3) is 0.533. The van der Waals surface area contributed by atoms with Crippen LogP contribution in [0.1, 0.15) is 43.2 Å². The second kappa shape index (κ2) is 6.86. The van der Waals surface area contributed by atoms with Crippen molar-refractivity contribution in [2.24, 2.45) is 5.73 Å². The van der Waals surface area contributed by atoms with E-state index in [1.165, 1.54) is 50.8 Å². The summed E-state index contributed by atoms with van der Waals surface area (Å²) < 4.78 is 0. The molecule has 98 valence electrons. The molecule has 1 heterocycles. The number of hydrogen-bond acceptors (Lipinski definition) is 2. The summed E-state index contributed by atoms with van der Waals surface area (Å²) in [4.78, 5) is 3.04. The smallest absolute Gasteiger partial charge is 0.103 e. The highest BCUT2D eigenvalue weighted by molar-refractivity contribution is 7.80. The van der Waals surface area contributed by atoms with Crippen LogP contribution in [0.2, 0.25) is 0 Å². The van der Waals surface area contributed by atoms with E-state index in [1.807, 2.05) is 12.1 Å². The summed E-state index contributed by atoms with van der Waals surface area (Å²) in [6, 6.07) is 8.35. The largest absolute Gasteiger partial charge is 0.389 e. The van der Waals surface area contributed by atoms with E-state index in [9.17, 15) is 0 Å². The molecule has 0 radical (unpaired) electrons. The van der Waals surface area contributed by atoms with Crippen molar-refractivity contribution in [3.63, 3.8) is 0 Å². The molecule has 0 bridgehead atoms. The van der Waals surface area contributed by atoms with Gasteiger partial charge in [-0.05, 0) is 31.5 Å². The summed E-state index contributed by atoms with van der Waals surface area (Å²) >= 11 is 4.97. The van der Waals surface area contributed by atoms with Crippen molar-refractivity contribution < 1.29 is 0 Å². The van der Waals surface area contributed by atoms with E-state index in [-0.39, 0.29) is 0 Å². The van der Waals surface area contributed by atoms with Gasteiger partial charge in [0, 0.05) is 12.1 Å². The molecule has 0 atom stereocenters. The number of likely N-dealkylation sites (tertiary alicyclic amines) is 1. The van der Waals surface area contributed by atoms with Gasteiger partial charge in [-0.3, -0.25) is 4.90 Å². The molecule has 0 spiro atoms. The zero-order valence-electron chi connectivity index (χ0n) is 10.9. The van der Waals surface area contributed by atoms with Crippen LogP contribution in [0.25, 0.3) is 0 Å². The number of rotatable bonds is 3. The van der Waals surface area contributed by atoms with Crippen LogP contribution in [0, 0.1) is 0 Å². The van der Waals surface area contributed by atoms with Crippen LogP contribution >= 0.6 is 12.2 Å². The minimum absolute atomic E-state index is 0.479. The lowest BCUT2D eigenvalue weighted by atomic mass is 10.1.